The number of anilines is 2. The number of nitrogens with two attached hydrogens (primary N) is 1. The smallest absolute Gasteiger partial charge is 0.330 e. The lowest BCUT2D eigenvalue weighted by Crippen LogP contribution is -2.42. The quantitative estimate of drug-likeness (QED) is 0.462. The summed E-state index contributed by atoms with van der Waals surface area (Å²) in [5.74, 6) is -0.342. The lowest BCUT2D eigenvalue weighted by molar-refractivity contribution is -0.118. The molecule has 0 radical (unpaired) electrons. The van der Waals surface area contributed by atoms with E-state index in [9.17, 15) is 14.4 Å². The number of aromatic nitrogens is 3. The average Bonchev–Trinajstić information content (AvgIpc) is 2.82. The molecule has 0 unspecified atom stereocenters. The molecule has 0 spiro atoms. The van der Waals surface area contributed by atoms with E-state index < -0.39 is 11.2 Å². The highest BCUT2D eigenvalue weighted by Gasteiger charge is 2.24. The van der Waals surface area contributed by atoms with Gasteiger partial charge in [0.25, 0.3) is 5.56 Å². The van der Waals surface area contributed by atoms with Gasteiger partial charge >= 0.3 is 5.69 Å². The predicted molar refractivity (Wildman–Crippen MR) is 134 cm³/mol. The van der Waals surface area contributed by atoms with Gasteiger partial charge in [0.05, 0.1) is 18.5 Å². The molecule has 0 aliphatic heterocycles. The summed E-state index contributed by atoms with van der Waals surface area (Å²) in [7, 11) is 0. The maximum Gasteiger partial charge on any atom is 0.330 e. The van der Waals surface area contributed by atoms with Gasteiger partial charge in [-0.2, -0.15) is 0 Å². The van der Waals surface area contributed by atoms with Crippen molar-refractivity contribution in [1.82, 2.24) is 14.5 Å². The van der Waals surface area contributed by atoms with Crippen LogP contribution in [-0.2, 0) is 17.8 Å². The van der Waals surface area contributed by atoms with E-state index in [1.807, 2.05) is 68.4 Å². The van der Waals surface area contributed by atoms with Crippen molar-refractivity contribution in [3.8, 4) is 0 Å². The first kappa shape index (κ1) is 23.0. The molecule has 1 amide bonds. The molecule has 0 fully saturated rings. The Morgan fingerprint density at radius 1 is 1.06 bits per heavy atom. The molecule has 0 aliphatic carbocycles. The van der Waals surface area contributed by atoms with Crippen LogP contribution in [0.15, 0.2) is 64.2 Å². The van der Waals surface area contributed by atoms with E-state index in [2.05, 4.69) is 9.97 Å². The van der Waals surface area contributed by atoms with E-state index in [1.165, 1.54) is 9.47 Å². The molecule has 0 aliphatic rings. The second kappa shape index (κ2) is 9.35. The Kier molecular flexibility index (Phi) is 6.32. The van der Waals surface area contributed by atoms with E-state index in [0.29, 0.717) is 0 Å². The van der Waals surface area contributed by atoms with E-state index in [0.717, 1.165) is 33.3 Å². The fraction of sp³-hybridized carbons (Fsp3) is 0.231. The molecule has 8 heteroatoms. The monoisotopic (exact) mass is 457 g/mol. The second-order valence-electron chi connectivity index (χ2n) is 8.20. The first-order valence-corrected chi connectivity index (χ1v) is 11.1. The fourth-order valence-corrected chi connectivity index (χ4v) is 4.30. The summed E-state index contributed by atoms with van der Waals surface area (Å²) < 4.78 is 1.27. The SMILES string of the molecule is CCN(C(=O)Cc1c(C)nc2ccccc2c1C)c1c(N)n(Cc2ccccc2)c(=O)[nH]c1=O. The number of hydrogen-bond acceptors (Lipinski definition) is 5. The Labute approximate surface area is 196 Å². The number of H-pyrrole nitrogens is 1. The summed E-state index contributed by atoms with van der Waals surface area (Å²) >= 11 is 0. The van der Waals surface area contributed by atoms with E-state index in [4.69, 9.17) is 5.73 Å². The van der Waals surface area contributed by atoms with Crippen LogP contribution in [0.3, 0.4) is 0 Å². The van der Waals surface area contributed by atoms with Crippen LogP contribution in [0.2, 0.25) is 0 Å². The maximum absolute atomic E-state index is 13.4. The third kappa shape index (κ3) is 4.22. The molecule has 8 nitrogen and oxygen atoms in total. The number of nitrogens with zero attached hydrogens (tertiary/aromatic N) is 3. The van der Waals surface area contributed by atoms with Gasteiger partial charge in [0.1, 0.15) is 5.82 Å². The highest BCUT2D eigenvalue weighted by atomic mass is 16.2. The Morgan fingerprint density at radius 3 is 2.44 bits per heavy atom. The predicted octanol–water partition coefficient (Wildman–Crippen LogP) is 2.93. The number of carbonyl (C=O) groups is 1. The Hall–Kier alpha value is -4.20. The topological polar surface area (TPSA) is 114 Å². The summed E-state index contributed by atoms with van der Waals surface area (Å²) in [6, 6.07) is 17.1. The van der Waals surface area contributed by atoms with Gasteiger partial charge in [0, 0.05) is 17.6 Å². The molecule has 0 saturated heterocycles. The van der Waals surface area contributed by atoms with Crippen LogP contribution in [0, 0.1) is 13.8 Å². The highest BCUT2D eigenvalue weighted by molar-refractivity contribution is 5.97. The third-order valence-electron chi connectivity index (χ3n) is 6.10. The number of hydrogen-bond donors (Lipinski definition) is 2. The van der Waals surface area contributed by atoms with E-state index >= 15 is 0 Å². The molecule has 3 N–H and O–H groups in total. The number of benzene rings is 2. The van der Waals surface area contributed by atoms with Gasteiger partial charge < -0.3 is 10.6 Å². The zero-order valence-electron chi connectivity index (χ0n) is 19.5. The number of likely N-dealkylation sites (N-methyl/N-ethyl adjacent to an activating group) is 1. The van der Waals surface area contributed by atoms with Crippen molar-refractivity contribution in [3.05, 3.63) is 97.8 Å². The standard InChI is InChI=1S/C26H27N5O3/c1-4-30(22(32)14-20-16(2)19-12-8-9-13-21(19)28-17(20)3)23-24(27)31(26(34)29-25(23)33)15-18-10-6-5-7-11-18/h5-13H,4,14-15,27H2,1-3H3,(H,29,33,34). The number of rotatable bonds is 6. The molecule has 4 aromatic rings. The summed E-state index contributed by atoms with van der Waals surface area (Å²) in [5.41, 5.74) is 9.25. The molecule has 34 heavy (non-hydrogen) atoms. The van der Waals surface area contributed by atoms with Crippen LogP contribution in [0.5, 0.6) is 0 Å². The van der Waals surface area contributed by atoms with Crippen molar-refractivity contribution in [1.29, 1.82) is 0 Å². The second-order valence-corrected chi connectivity index (χ2v) is 8.20. The lowest BCUT2D eigenvalue weighted by Gasteiger charge is -2.24. The normalized spacial score (nSPS) is 11.0. The minimum absolute atomic E-state index is 0.0212. The lowest BCUT2D eigenvalue weighted by atomic mass is 9.99. The van der Waals surface area contributed by atoms with Crippen molar-refractivity contribution in [2.75, 3.05) is 17.2 Å². The molecule has 174 valence electrons. The Bertz CT molecular complexity index is 1490. The number of para-hydroxylation sites is 1. The number of pyridine rings is 1. The van der Waals surface area contributed by atoms with Gasteiger partial charge in [-0.3, -0.25) is 24.1 Å². The molecule has 2 aromatic carbocycles. The minimum atomic E-state index is -0.688. The van der Waals surface area contributed by atoms with Crippen LogP contribution in [0.25, 0.3) is 10.9 Å². The number of nitrogen functional groups attached to an aromatic ring is 1. The number of fused-ring (bicyclic) bond motifs is 1. The van der Waals surface area contributed by atoms with Crippen LogP contribution in [-0.4, -0.2) is 27.0 Å². The molecule has 2 aromatic heterocycles. The third-order valence-corrected chi connectivity index (χ3v) is 6.10. The average molecular weight is 458 g/mol. The number of amides is 1. The molecule has 0 atom stereocenters. The van der Waals surface area contributed by atoms with E-state index in [-0.39, 0.29) is 36.9 Å². The van der Waals surface area contributed by atoms with Crippen molar-refractivity contribution < 1.29 is 4.79 Å². The molecule has 0 saturated carbocycles. The molecule has 2 heterocycles. The molecular weight excluding hydrogens is 430 g/mol. The Morgan fingerprint density at radius 2 is 1.74 bits per heavy atom. The van der Waals surface area contributed by atoms with Gasteiger partial charge in [-0.25, -0.2) is 4.79 Å². The van der Waals surface area contributed by atoms with Gasteiger partial charge in [-0.05, 0) is 43.5 Å². The van der Waals surface area contributed by atoms with Gasteiger partial charge in [0.2, 0.25) is 5.91 Å². The first-order valence-electron chi connectivity index (χ1n) is 11.1. The van der Waals surface area contributed by atoms with Crippen molar-refractivity contribution in [2.45, 2.75) is 33.7 Å². The molecule has 4 rings (SSSR count). The van der Waals surface area contributed by atoms with Crippen molar-refractivity contribution >= 4 is 28.3 Å². The zero-order chi connectivity index (χ0) is 24.4. The molecule has 0 bridgehead atoms. The van der Waals surface area contributed by atoms with Crippen LogP contribution < -0.4 is 21.9 Å². The maximum atomic E-state index is 13.4. The fourth-order valence-electron chi connectivity index (χ4n) is 4.30. The summed E-state index contributed by atoms with van der Waals surface area (Å²) in [5, 5.41) is 0.979. The number of carbonyl (C=O) groups excluding carboxylic acids is 1. The van der Waals surface area contributed by atoms with Crippen LogP contribution in [0.1, 0.15) is 29.3 Å². The first-order chi connectivity index (χ1) is 16.3. The highest BCUT2D eigenvalue weighted by Crippen LogP contribution is 2.25. The van der Waals surface area contributed by atoms with Crippen LogP contribution in [0.4, 0.5) is 11.5 Å². The van der Waals surface area contributed by atoms with E-state index in [1.54, 1.807) is 6.92 Å². The number of aryl methyl sites for hydroxylation is 2. The number of nitrogens with one attached hydrogen (secondary N) is 1. The largest absolute Gasteiger partial charge is 0.383 e. The minimum Gasteiger partial charge on any atom is -0.383 e. The van der Waals surface area contributed by atoms with Gasteiger partial charge in [-0.1, -0.05) is 48.5 Å². The summed E-state index contributed by atoms with van der Waals surface area (Å²) in [6.45, 7) is 6.00. The summed E-state index contributed by atoms with van der Waals surface area (Å²) in [6.07, 6.45) is 0.0556. The number of aromatic amines is 1. The van der Waals surface area contributed by atoms with Gasteiger partial charge in [-0.15, -0.1) is 0 Å². The van der Waals surface area contributed by atoms with Gasteiger partial charge in [0.15, 0.2) is 5.69 Å². The van der Waals surface area contributed by atoms with Crippen LogP contribution >= 0.6 is 0 Å². The summed E-state index contributed by atoms with van der Waals surface area (Å²) in [4.78, 5) is 47.0. The zero-order valence-corrected chi connectivity index (χ0v) is 19.5. The Balaban J connectivity index is 1.73. The molecular formula is C26H27N5O3. The van der Waals surface area contributed by atoms with Crippen molar-refractivity contribution in [3.63, 3.8) is 0 Å². The van der Waals surface area contributed by atoms with Crippen molar-refractivity contribution in [2.24, 2.45) is 0 Å².